The van der Waals surface area contributed by atoms with E-state index >= 15 is 0 Å². The lowest BCUT2D eigenvalue weighted by molar-refractivity contribution is -0.0931. The first-order valence-corrected chi connectivity index (χ1v) is 31.7. The van der Waals surface area contributed by atoms with Crippen LogP contribution in [0.25, 0.3) is 55.3 Å². The average Bonchev–Trinajstić information content (AvgIpc) is 1.87. The summed E-state index contributed by atoms with van der Waals surface area (Å²) in [5.41, 5.74) is 11.1. The average molecular weight is 1270 g/mol. The van der Waals surface area contributed by atoms with Crippen LogP contribution in [0.15, 0.2) is 53.4 Å². The Morgan fingerprint density at radius 1 is 0.647 bits per heavy atom. The van der Waals surface area contributed by atoms with Gasteiger partial charge < -0.3 is 38.6 Å². The van der Waals surface area contributed by atoms with Gasteiger partial charge in [-0.05, 0) is 197 Å². The van der Waals surface area contributed by atoms with Crippen LogP contribution < -0.4 is 4.74 Å². The number of aliphatic hydroxyl groups is 1. The summed E-state index contributed by atoms with van der Waals surface area (Å²) in [6, 6.07) is 12.6. The molecule has 13 rings (SSSR count). The molecule has 2 spiro atoms. The number of benzene rings is 3. The zero-order valence-corrected chi connectivity index (χ0v) is 53.7. The third kappa shape index (κ3) is 11.4. The third-order valence-corrected chi connectivity index (χ3v) is 19.5. The molecular weight excluding hydrogens is 1190 g/mol. The van der Waals surface area contributed by atoms with E-state index in [1.807, 2.05) is 111 Å². The molecule has 2 saturated carbocycles. The van der Waals surface area contributed by atoms with Crippen LogP contribution in [0.4, 0.5) is 9.59 Å². The van der Waals surface area contributed by atoms with Gasteiger partial charge in [0.15, 0.2) is 12.5 Å². The number of hydrogen-bond acceptors (Lipinski definition) is 12. The molecule has 4 aliphatic heterocycles. The summed E-state index contributed by atoms with van der Waals surface area (Å²) in [7, 11) is 0. The highest BCUT2D eigenvalue weighted by atomic mass is 79.9. The summed E-state index contributed by atoms with van der Waals surface area (Å²) in [6.45, 7) is 24.3. The number of carbonyl (C=O) groups is 2. The van der Waals surface area contributed by atoms with Crippen molar-refractivity contribution in [2.24, 2.45) is 10.8 Å². The van der Waals surface area contributed by atoms with Crippen molar-refractivity contribution in [2.45, 2.75) is 169 Å². The van der Waals surface area contributed by atoms with E-state index in [1.54, 1.807) is 0 Å². The second-order valence-electron chi connectivity index (χ2n) is 26.8. The van der Waals surface area contributed by atoms with Crippen LogP contribution in [-0.4, -0.2) is 130 Å². The Kier molecular flexibility index (Phi) is 16.0. The van der Waals surface area contributed by atoms with Crippen LogP contribution >= 0.6 is 39.1 Å². The quantitative estimate of drug-likeness (QED) is 0.137. The van der Waals surface area contributed by atoms with Gasteiger partial charge in [-0.1, -0.05) is 23.2 Å². The van der Waals surface area contributed by atoms with Crippen LogP contribution in [0.1, 0.15) is 153 Å². The Hall–Kier alpha value is -5.70. The molecule has 2 atom stereocenters. The van der Waals surface area contributed by atoms with Crippen molar-refractivity contribution in [1.82, 2.24) is 48.9 Å². The van der Waals surface area contributed by atoms with Crippen molar-refractivity contribution in [3.8, 4) is 39.3 Å². The van der Waals surface area contributed by atoms with E-state index in [0.717, 1.165) is 178 Å². The van der Waals surface area contributed by atoms with E-state index in [9.17, 15) is 14.7 Å². The third-order valence-electron chi connectivity index (χ3n) is 17.9. The molecule has 8 heterocycles. The number of carbonyl (C=O) groups excluding carboxylic acids is 2. The second-order valence-corrected chi connectivity index (χ2v) is 28.3. The smallest absolute Gasteiger partial charge is 0.410 e. The zero-order chi connectivity index (χ0) is 60.1. The van der Waals surface area contributed by atoms with E-state index in [0.29, 0.717) is 29.9 Å². The standard InChI is InChI=1S/C36H44ClN5O5.C28H35BrClN5O3/c1-22-16-28-27(19-38-42(28)29-8-6-7-14-46-29)31(32(22)37)30-23(2)41(39-33(30)24-9-11-26(12-10-24)45-15-13-43)25-17-36(18-25)20-40(21-36)34(44)47-35(3,4)5;1-16-10-20-19(13-31-35(20)21-8-6-7-9-37-21)23(24(16)30)22-17(2)34(32-25(22)29)18-11-28(12-18)14-33(15-28)26(36)38-27(3,4)5/h9-12,16,19,25,29,43H,6-8,13-15,17-18,20-21H2,1-5H3;10,13,18,21H,6-9,11-12,14-15H2,1-5H3. The summed E-state index contributed by atoms with van der Waals surface area (Å²) in [5.74, 6) is 0.686. The fourth-order valence-electron chi connectivity index (χ4n) is 13.9. The molecule has 6 fully saturated rings. The predicted molar refractivity (Wildman–Crippen MR) is 331 cm³/mol. The van der Waals surface area contributed by atoms with E-state index < -0.39 is 11.2 Å². The maximum absolute atomic E-state index is 12.6. The topological polar surface area (TPSA) is 178 Å². The number of aryl methyl sites for hydroxylation is 2. The van der Waals surface area contributed by atoms with Crippen molar-refractivity contribution < 1.29 is 38.4 Å². The highest BCUT2D eigenvalue weighted by Gasteiger charge is 2.57. The molecule has 1 N–H and O–H groups in total. The highest BCUT2D eigenvalue weighted by molar-refractivity contribution is 9.10. The minimum atomic E-state index is -0.507. The Morgan fingerprint density at radius 2 is 1.09 bits per heavy atom. The highest BCUT2D eigenvalue weighted by Crippen LogP contribution is 2.57. The number of aliphatic hydroxyl groups excluding tert-OH is 1. The molecule has 0 bridgehead atoms. The van der Waals surface area contributed by atoms with Crippen molar-refractivity contribution >= 4 is 73.1 Å². The molecule has 3 aromatic carbocycles. The van der Waals surface area contributed by atoms with Crippen molar-refractivity contribution in [3.63, 3.8) is 0 Å². The number of rotatable bonds is 10. The number of halogens is 3. The number of hydrogen-bond donors (Lipinski definition) is 1. The maximum atomic E-state index is 12.6. The molecule has 2 unspecified atom stereocenters. The number of ether oxygens (including phenoxy) is 5. The van der Waals surface area contributed by atoms with Gasteiger partial charge >= 0.3 is 12.2 Å². The first-order chi connectivity index (χ1) is 40.4. The SMILES string of the molecule is Cc1cc2c(cnn2C2CCCCO2)c(-c2c(-c3ccc(OCCO)cc3)nn(C3CC4(C3)CN(C(=O)OC(C)(C)C)C4)c2C)c1Cl.Cc1cc2c(cnn2C2CCCCO2)c(-c2c(Br)nn(C3CC4(C3)CN(C(=O)OC(C)(C)C)C4)c2C)c1Cl. The van der Waals surface area contributed by atoms with Crippen LogP contribution in [0.5, 0.6) is 5.75 Å². The van der Waals surface area contributed by atoms with Gasteiger partial charge in [-0.2, -0.15) is 20.4 Å². The predicted octanol–water partition coefficient (Wildman–Crippen LogP) is 14.7. The van der Waals surface area contributed by atoms with E-state index in [1.165, 1.54) is 0 Å². The Balaban J connectivity index is 0.000000171. The molecule has 7 aromatic rings. The second kappa shape index (κ2) is 22.8. The lowest BCUT2D eigenvalue weighted by atomic mass is 9.60. The fourth-order valence-corrected chi connectivity index (χ4v) is 15.1. The summed E-state index contributed by atoms with van der Waals surface area (Å²) in [4.78, 5) is 28.7. The lowest BCUT2D eigenvalue weighted by Crippen LogP contribution is -2.64. The molecule has 6 aliphatic rings. The molecule has 18 nitrogen and oxygen atoms in total. The summed E-state index contributed by atoms with van der Waals surface area (Å²) < 4.78 is 38.1. The summed E-state index contributed by atoms with van der Waals surface area (Å²) >= 11 is 18.0. The van der Waals surface area contributed by atoms with Gasteiger partial charge in [0, 0.05) is 100 Å². The Labute approximate surface area is 515 Å². The van der Waals surface area contributed by atoms with Crippen LogP contribution in [-0.2, 0) is 18.9 Å². The van der Waals surface area contributed by atoms with Crippen molar-refractivity contribution in [2.75, 3.05) is 52.6 Å². The monoisotopic (exact) mass is 1260 g/mol. The van der Waals surface area contributed by atoms with Gasteiger partial charge in [-0.3, -0.25) is 9.36 Å². The molecule has 0 radical (unpaired) electrons. The lowest BCUT2D eigenvalue weighted by Gasteiger charge is -2.58. The van der Waals surface area contributed by atoms with Gasteiger partial charge in [0.25, 0.3) is 0 Å². The number of likely N-dealkylation sites (tertiary alicyclic amines) is 2. The van der Waals surface area contributed by atoms with Crippen LogP contribution in [0.3, 0.4) is 0 Å². The zero-order valence-electron chi connectivity index (χ0n) is 50.6. The molecular formula is C64H79BrCl2N10O8. The van der Waals surface area contributed by atoms with Gasteiger partial charge in [0.1, 0.15) is 33.9 Å². The Bertz CT molecular complexity index is 3670. The minimum Gasteiger partial charge on any atom is -0.491 e. The van der Waals surface area contributed by atoms with Gasteiger partial charge in [-0.25, -0.2) is 19.0 Å². The summed E-state index contributed by atoms with van der Waals surface area (Å²) in [6.07, 6.45) is 13.4. The van der Waals surface area contributed by atoms with Gasteiger partial charge in [0.2, 0.25) is 0 Å². The summed E-state index contributed by atoms with van der Waals surface area (Å²) in [5, 5.41) is 32.4. The van der Waals surface area contributed by atoms with Gasteiger partial charge in [0.05, 0.1) is 52.2 Å². The van der Waals surface area contributed by atoms with Gasteiger partial charge in [-0.15, -0.1) is 0 Å². The van der Waals surface area contributed by atoms with Crippen molar-refractivity contribution in [1.29, 1.82) is 0 Å². The molecule has 2 aliphatic carbocycles. The molecule has 85 heavy (non-hydrogen) atoms. The molecule has 4 aromatic heterocycles. The first-order valence-electron chi connectivity index (χ1n) is 30.1. The van der Waals surface area contributed by atoms with Crippen molar-refractivity contribution in [3.05, 3.63) is 86.0 Å². The van der Waals surface area contributed by atoms with E-state index in [2.05, 4.69) is 51.3 Å². The van der Waals surface area contributed by atoms with E-state index in [-0.39, 0.29) is 54.7 Å². The maximum Gasteiger partial charge on any atom is 0.410 e. The number of nitrogens with zero attached hydrogens (tertiary/aromatic N) is 10. The number of aromatic nitrogens is 8. The first kappa shape index (κ1) is 59.6. The minimum absolute atomic E-state index is 0.0455. The largest absolute Gasteiger partial charge is 0.491 e. The number of amides is 2. The molecule has 2 amide bonds. The van der Waals surface area contributed by atoms with Crippen LogP contribution in [0.2, 0.25) is 10.0 Å². The molecule has 4 saturated heterocycles. The normalized spacial score (nSPS) is 21.1. The van der Waals surface area contributed by atoms with E-state index in [4.69, 9.17) is 67.3 Å². The fraction of sp³-hybridized carbons (Fsp3) is 0.562. The number of fused-ring (bicyclic) bond motifs is 2. The molecule has 21 heteroatoms. The van der Waals surface area contributed by atoms with Crippen LogP contribution in [0, 0.1) is 38.5 Å². The molecule has 454 valence electrons. The Morgan fingerprint density at radius 3 is 1.53 bits per heavy atom.